The molecule has 1 unspecified atom stereocenters. The lowest BCUT2D eigenvalue weighted by Gasteiger charge is -2.39. The molecule has 0 aromatic carbocycles. The number of aromatic nitrogens is 1. The van der Waals surface area contributed by atoms with Crippen molar-refractivity contribution in [2.75, 3.05) is 31.1 Å². The van der Waals surface area contributed by atoms with E-state index in [-0.39, 0.29) is 0 Å². The highest BCUT2D eigenvalue weighted by Crippen LogP contribution is 2.30. The van der Waals surface area contributed by atoms with E-state index >= 15 is 0 Å². The first kappa shape index (κ1) is 15.3. The van der Waals surface area contributed by atoms with E-state index in [2.05, 4.69) is 28.6 Å². The Morgan fingerprint density at radius 2 is 2.25 bits per heavy atom. The molecule has 0 radical (unpaired) electrons. The number of piperazine rings is 1. The summed E-state index contributed by atoms with van der Waals surface area (Å²) >= 11 is 1.54. The van der Waals surface area contributed by atoms with Crippen molar-refractivity contribution in [3.8, 4) is 0 Å². The standard InChI is InChI=1S/C14H23N3O2S/c1-5-16-6-7-17(8-10(16)2)13-15-11(9-20-13)14(3,4)12(18)19/h9-10H,5-8H2,1-4H3,(H,18,19). The third-order valence-electron chi connectivity index (χ3n) is 4.11. The summed E-state index contributed by atoms with van der Waals surface area (Å²) in [6.45, 7) is 11.8. The average Bonchev–Trinajstić information content (AvgIpc) is 2.88. The molecule has 0 saturated carbocycles. The molecule has 0 amide bonds. The second-order valence-corrected chi connectivity index (χ2v) is 6.71. The van der Waals surface area contributed by atoms with Crippen molar-refractivity contribution in [3.63, 3.8) is 0 Å². The zero-order chi connectivity index (χ0) is 14.9. The molecule has 112 valence electrons. The highest BCUT2D eigenvalue weighted by Gasteiger charge is 2.33. The van der Waals surface area contributed by atoms with Gasteiger partial charge in [-0.2, -0.15) is 0 Å². The van der Waals surface area contributed by atoms with E-state index in [1.54, 1.807) is 25.2 Å². The number of rotatable bonds is 4. The molecule has 0 spiro atoms. The second kappa shape index (κ2) is 5.69. The van der Waals surface area contributed by atoms with Crippen LogP contribution in [-0.4, -0.2) is 53.2 Å². The van der Waals surface area contributed by atoms with Crippen molar-refractivity contribution >= 4 is 22.4 Å². The van der Waals surface area contributed by atoms with Crippen LogP contribution in [0.1, 0.15) is 33.4 Å². The molecule has 2 rings (SSSR count). The van der Waals surface area contributed by atoms with Gasteiger partial charge in [-0.15, -0.1) is 11.3 Å². The van der Waals surface area contributed by atoms with Gasteiger partial charge < -0.3 is 10.0 Å². The molecule has 20 heavy (non-hydrogen) atoms. The normalized spacial score (nSPS) is 21.2. The fourth-order valence-electron chi connectivity index (χ4n) is 2.44. The summed E-state index contributed by atoms with van der Waals surface area (Å²) in [5.41, 5.74) is -0.276. The zero-order valence-corrected chi connectivity index (χ0v) is 13.4. The van der Waals surface area contributed by atoms with Gasteiger partial charge in [0.25, 0.3) is 0 Å². The number of likely N-dealkylation sites (N-methyl/N-ethyl adjacent to an activating group) is 1. The highest BCUT2D eigenvalue weighted by molar-refractivity contribution is 7.13. The van der Waals surface area contributed by atoms with Crippen LogP contribution in [0.3, 0.4) is 0 Å². The Balaban J connectivity index is 2.12. The maximum absolute atomic E-state index is 11.3. The van der Waals surface area contributed by atoms with Crippen molar-refractivity contribution in [2.45, 2.75) is 39.2 Å². The van der Waals surface area contributed by atoms with Crippen molar-refractivity contribution in [3.05, 3.63) is 11.1 Å². The minimum atomic E-state index is -0.925. The monoisotopic (exact) mass is 297 g/mol. The lowest BCUT2D eigenvalue weighted by Crippen LogP contribution is -2.51. The molecule has 1 atom stereocenters. The van der Waals surface area contributed by atoms with Gasteiger partial charge in [0.05, 0.1) is 5.69 Å². The topological polar surface area (TPSA) is 56.7 Å². The van der Waals surface area contributed by atoms with Crippen LogP contribution in [0.25, 0.3) is 0 Å². The summed E-state index contributed by atoms with van der Waals surface area (Å²) in [4.78, 5) is 20.6. The molecular weight excluding hydrogens is 274 g/mol. The minimum absolute atomic E-state index is 0.508. The van der Waals surface area contributed by atoms with E-state index in [1.165, 1.54) is 0 Å². The Hall–Kier alpha value is -1.14. The first-order valence-electron chi connectivity index (χ1n) is 7.04. The zero-order valence-electron chi connectivity index (χ0n) is 12.6. The van der Waals surface area contributed by atoms with Crippen molar-refractivity contribution < 1.29 is 9.90 Å². The maximum Gasteiger partial charge on any atom is 0.315 e. The van der Waals surface area contributed by atoms with E-state index in [0.29, 0.717) is 11.7 Å². The van der Waals surface area contributed by atoms with Gasteiger partial charge in [0.2, 0.25) is 0 Å². The molecule has 2 heterocycles. The Labute approximate surface area is 124 Å². The molecule has 1 saturated heterocycles. The molecule has 1 aromatic rings. The number of thiazole rings is 1. The van der Waals surface area contributed by atoms with Gasteiger partial charge in [0, 0.05) is 31.1 Å². The quantitative estimate of drug-likeness (QED) is 0.921. The lowest BCUT2D eigenvalue weighted by atomic mass is 9.90. The van der Waals surface area contributed by atoms with Gasteiger partial charge in [0.15, 0.2) is 5.13 Å². The van der Waals surface area contributed by atoms with E-state index in [1.807, 2.05) is 5.38 Å². The summed E-state index contributed by atoms with van der Waals surface area (Å²) in [7, 11) is 0. The molecule has 1 aromatic heterocycles. The molecule has 1 N–H and O–H groups in total. The summed E-state index contributed by atoms with van der Waals surface area (Å²) in [6, 6.07) is 0.508. The fourth-order valence-corrected chi connectivity index (χ4v) is 3.48. The van der Waals surface area contributed by atoms with Crippen LogP contribution in [0.4, 0.5) is 5.13 Å². The van der Waals surface area contributed by atoms with Crippen LogP contribution in [0.5, 0.6) is 0 Å². The SMILES string of the molecule is CCN1CCN(c2nc(C(C)(C)C(=O)O)cs2)CC1C. The van der Waals surface area contributed by atoms with E-state index in [4.69, 9.17) is 0 Å². The fraction of sp³-hybridized carbons (Fsp3) is 0.714. The van der Waals surface area contributed by atoms with Gasteiger partial charge in [-0.3, -0.25) is 9.69 Å². The number of carbonyl (C=O) groups is 1. The second-order valence-electron chi connectivity index (χ2n) is 5.87. The molecule has 5 nitrogen and oxygen atoms in total. The van der Waals surface area contributed by atoms with Gasteiger partial charge in [-0.25, -0.2) is 4.98 Å². The number of carboxylic acid groups (broad SMARTS) is 1. The lowest BCUT2D eigenvalue weighted by molar-refractivity contribution is -0.142. The van der Waals surface area contributed by atoms with Gasteiger partial charge in [-0.1, -0.05) is 6.92 Å². The Morgan fingerprint density at radius 3 is 2.80 bits per heavy atom. The van der Waals surface area contributed by atoms with E-state index in [9.17, 15) is 9.90 Å². The van der Waals surface area contributed by atoms with Crippen LogP contribution in [0.2, 0.25) is 0 Å². The third-order valence-corrected chi connectivity index (χ3v) is 5.01. The summed E-state index contributed by atoms with van der Waals surface area (Å²) < 4.78 is 0. The van der Waals surface area contributed by atoms with Gasteiger partial charge in [-0.05, 0) is 27.3 Å². The molecule has 0 bridgehead atoms. The van der Waals surface area contributed by atoms with Crippen LogP contribution >= 0.6 is 11.3 Å². The molecular formula is C14H23N3O2S. The Kier molecular flexibility index (Phi) is 4.34. The number of hydrogen-bond donors (Lipinski definition) is 1. The Morgan fingerprint density at radius 1 is 1.55 bits per heavy atom. The number of hydrogen-bond acceptors (Lipinski definition) is 5. The number of nitrogens with zero attached hydrogens (tertiary/aromatic N) is 3. The molecule has 6 heteroatoms. The average molecular weight is 297 g/mol. The smallest absolute Gasteiger partial charge is 0.315 e. The predicted octanol–water partition coefficient (Wildman–Crippen LogP) is 2.04. The summed E-state index contributed by atoms with van der Waals surface area (Å²) in [6.07, 6.45) is 0. The Bertz CT molecular complexity index is 487. The highest BCUT2D eigenvalue weighted by atomic mass is 32.1. The molecule has 1 fully saturated rings. The number of aliphatic carboxylic acids is 1. The summed E-state index contributed by atoms with van der Waals surface area (Å²) in [5.74, 6) is -0.835. The summed E-state index contributed by atoms with van der Waals surface area (Å²) in [5, 5.41) is 12.1. The first-order valence-corrected chi connectivity index (χ1v) is 7.92. The van der Waals surface area contributed by atoms with E-state index < -0.39 is 11.4 Å². The van der Waals surface area contributed by atoms with Crippen LogP contribution in [0.15, 0.2) is 5.38 Å². The third kappa shape index (κ3) is 2.81. The van der Waals surface area contributed by atoms with Crippen LogP contribution in [0, 0.1) is 0 Å². The van der Waals surface area contributed by atoms with Crippen molar-refractivity contribution in [1.82, 2.24) is 9.88 Å². The van der Waals surface area contributed by atoms with Crippen LogP contribution in [-0.2, 0) is 10.2 Å². The molecule has 0 aliphatic carbocycles. The maximum atomic E-state index is 11.3. The largest absolute Gasteiger partial charge is 0.481 e. The van der Waals surface area contributed by atoms with Gasteiger partial charge >= 0.3 is 5.97 Å². The van der Waals surface area contributed by atoms with Crippen molar-refractivity contribution in [2.24, 2.45) is 0 Å². The van der Waals surface area contributed by atoms with Crippen molar-refractivity contribution in [1.29, 1.82) is 0 Å². The van der Waals surface area contributed by atoms with E-state index in [0.717, 1.165) is 31.3 Å². The molecule has 1 aliphatic heterocycles. The predicted molar refractivity (Wildman–Crippen MR) is 81.7 cm³/mol. The minimum Gasteiger partial charge on any atom is -0.481 e. The molecule has 1 aliphatic rings. The first-order chi connectivity index (χ1) is 9.36. The number of anilines is 1. The number of carboxylic acids is 1. The van der Waals surface area contributed by atoms with Crippen LogP contribution < -0.4 is 4.90 Å². The van der Waals surface area contributed by atoms with Gasteiger partial charge in [0.1, 0.15) is 5.41 Å².